The van der Waals surface area contributed by atoms with E-state index in [4.69, 9.17) is 9.47 Å². The Bertz CT molecular complexity index is 155. The van der Waals surface area contributed by atoms with E-state index in [0.29, 0.717) is 19.4 Å². The van der Waals surface area contributed by atoms with E-state index in [-0.39, 0.29) is 5.97 Å². The van der Waals surface area contributed by atoms with Crippen molar-refractivity contribution >= 4 is 5.97 Å². The van der Waals surface area contributed by atoms with Gasteiger partial charge >= 0.3 is 5.97 Å². The third-order valence-corrected chi connectivity index (χ3v) is 2.39. The van der Waals surface area contributed by atoms with Crippen LogP contribution in [0.25, 0.3) is 0 Å². The van der Waals surface area contributed by atoms with Crippen LogP contribution >= 0.6 is 0 Å². The van der Waals surface area contributed by atoms with Crippen molar-refractivity contribution in [2.75, 3.05) is 27.9 Å². The lowest BCUT2D eigenvalue weighted by molar-refractivity contribution is -0.149. The summed E-state index contributed by atoms with van der Waals surface area (Å²) in [5, 5.41) is 3.00. The molecule has 0 aliphatic heterocycles. The van der Waals surface area contributed by atoms with Gasteiger partial charge < -0.3 is 14.8 Å². The smallest absolute Gasteiger partial charge is 0.326 e. The fraction of sp³-hybridized carbons (Fsp3) is 0.889. The Morgan fingerprint density at radius 3 is 2.38 bits per heavy atom. The Labute approximate surface area is 79.6 Å². The van der Waals surface area contributed by atoms with Crippen LogP contribution in [0, 0.1) is 0 Å². The van der Waals surface area contributed by atoms with E-state index in [9.17, 15) is 4.79 Å². The highest BCUT2D eigenvalue weighted by atomic mass is 16.5. The number of likely N-dealkylation sites (N-methyl/N-ethyl adjacent to an activating group) is 1. The van der Waals surface area contributed by atoms with Crippen LogP contribution < -0.4 is 5.32 Å². The Morgan fingerprint density at radius 1 is 1.46 bits per heavy atom. The molecule has 0 heterocycles. The van der Waals surface area contributed by atoms with Crippen molar-refractivity contribution in [1.29, 1.82) is 0 Å². The minimum Gasteiger partial charge on any atom is -0.468 e. The van der Waals surface area contributed by atoms with Gasteiger partial charge in [0.15, 0.2) is 0 Å². The van der Waals surface area contributed by atoms with Crippen molar-refractivity contribution in [3.8, 4) is 0 Å². The van der Waals surface area contributed by atoms with Crippen molar-refractivity contribution in [3.63, 3.8) is 0 Å². The van der Waals surface area contributed by atoms with E-state index in [2.05, 4.69) is 5.32 Å². The Hall–Kier alpha value is -0.610. The van der Waals surface area contributed by atoms with Gasteiger partial charge in [-0.1, -0.05) is 6.92 Å². The van der Waals surface area contributed by atoms with Gasteiger partial charge in [0.2, 0.25) is 0 Å². The van der Waals surface area contributed by atoms with E-state index >= 15 is 0 Å². The number of rotatable bonds is 6. The molecule has 0 saturated heterocycles. The first kappa shape index (κ1) is 12.4. The average Bonchev–Trinajstić information content (AvgIpc) is 2.19. The number of methoxy groups -OCH3 is 2. The van der Waals surface area contributed by atoms with Gasteiger partial charge in [-0.15, -0.1) is 0 Å². The van der Waals surface area contributed by atoms with E-state index in [0.717, 1.165) is 0 Å². The van der Waals surface area contributed by atoms with E-state index in [1.54, 1.807) is 14.2 Å². The number of ether oxygens (including phenoxy) is 2. The summed E-state index contributed by atoms with van der Waals surface area (Å²) >= 11 is 0. The molecule has 0 spiro atoms. The molecule has 0 fully saturated rings. The van der Waals surface area contributed by atoms with Gasteiger partial charge in [0.1, 0.15) is 5.54 Å². The topological polar surface area (TPSA) is 47.6 Å². The molecular weight excluding hydrogens is 170 g/mol. The number of carbonyl (C=O) groups excluding carboxylic acids is 1. The molecule has 13 heavy (non-hydrogen) atoms. The lowest BCUT2D eigenvalue weighted by Crippen LogP contribution is -2.51. The molecule has 4 nitrogen and oxygen atoms in total. The third-order valence-electron chi connectivity index (χ3n) is 2.39. The van der Waals surface area contributed by atoms with Gasteiger partial charge in [-0.2, -0.15) is 0 Å². The molecule has 0 aliphatic rings. The Balaban J connectivity index is 4.39. The second-order valence-electron chi connectivity index (χ2n) is 2.92. The van der Waals surface area contributed by atoms with Gasteiger partial charge in [0, 0.05) is 13.7 Å². The van der Waals surface area contributed by atoms with E-state index in [1.807, 2.05) is 6.92 Å². The van der Waals surface area contributed by atoms with E-state index < -0.39 is 5.54 Å². The molecule has 78 valence electrons. The molecule has 0 bridgehead atoms. The SMILES string of the molecule is CCC(CCOC)(NC)C(=O)OC. The fourth-order valence-corrected chi connectivity index (χ4v) is 1.30. The van der Waals surface area contributed by atoms with Crippen LogP contribution in [0.1, 0.15) is 19.8 Å². The summed E-state index contributed by atoms with van der Waals surface area (Å²) in [5.41, 5.74) is -0.592. The summed E-state index contributed by atoms with van der Waals surface area (Å²) in [6.07, 6.45) is 1.32. The van der Waals surface area contributed by atoms with Crippen LogP contribution in [0.15, 0.2) is 0 Å². The molecule has 0 saturated carbocycles. The van der Waals surface area contributed by atoms with Crippen LogP contribution in [-0.4, -0.2) is 39.4 Å². The number of carbonyl (C=O) groups is 1. The molecule has 0 rings (SSSR count). The predicted octanol–water partition coefficient (Wildman–Crippen LogP) is 0.564. The van der Waals surface area contributed by atoms with Crippen LogP contribution in [0.5, 0.6) is 0 Å². The number of nitrogens with one attached hydrogen (secondary N) is 1. The quantitative estimate of drug-likeness (QED) is 0.620. The molecule has 0 aromatic rings. The van der Waals surface area contributed by atoms with Crippen molar-refractivity contribution in [1.82, 2.24) is 5.32 Å². The zero-order valence-corrected chi connectivity index (χ0v) is 8.85. The predicted molar refractivity (Wildman–Crippen MR) is 50.6 cm³/mol. The standard InChI is InChI=1S/C9H19NO3/c1-5-9(10-2,6-7-12-3)8(11)13-4/h10H,5-7H2,1-4H3. The lowest BCUT2D eigenvalue weighted by Gasteiger charge is -2.28. The minimum absolute atomic E-state index is 0.227. The average molecular weight is 189 g/mol. The molecule has 1 unspecified atom stereocenters. The molecule has 4 heteroatoms. The summed E-state index contributed by atoms with van der Waals surface area (Å²) in [6, 6.07) is 0. The maximum absolute atomic E-state index is 11.5. The maximum atomic E-state index is 11.5. The van der Waals surface area contributed by atoms with Crippen LogP contribution in [-0.2, 0) is 14.3 Å². The molecule has 0 aromatic carbocycles. The molecule has 0 aliphatic carbocycles. The highest BCUT2D eigenvalue weighted by Gasteiger charge is 2.35. The summed E-state index contributed by atoms with van der Waals surface area (Å²) in [6.45, 7) is 2.49. The largest absolute Gasteiger partial charge is 0.468 e. The molecular formula is C9H19NO3. The summed E-state index contributed by atoms with van der Waals surface area (Å²) in [4.78, 5) is 11.5. The first-order chi connectivity index (χ1) is 6.16. The summed E-state index contributed by atoms with van der Waals surface area (Å²) < 4.78 is 9.69. The maximum Gasteiger partial charge on any atom is 0.326 e. The third kappa shape index (κ3) is 2.97. The first-order valence-electron chi connectivity index (χ1n) is 4.43. The van der Waals surface area contributed by atoms with Gasteiger partial charge in [-0.05, 0) is 19.9 Å². The zero-order chi connectivity index (χ0) is 10.3. The summed E-state index contributed by atoms with van der Waals surface area (Å²) in [7, 11) is 4.78. The molecule has 0 amide bonds. The second kappa shape index (κ2) is 5.94. The Kier molecular flexibility index (Phi) is 5.66. The highest BCUT2D eigenvalue weighted by Crippen LogP contribution is 2.16. The zero-order valence-electron chi connectivity index (χ0n) is 8.85. The van der Waals surface area contributed by atoms with Crippen molar-refractivity contribution in [2.24, 2.45) is 0 Å². The lowest BCUT2D eigenvalue weighted by atomic mass is 9.93. The molecule has 0 radical (unpaired) electrons. The highest BCUT2D eigenvalue weighted by molar-refractivity contribution is 5.80. The number of esters is 1. The number of hydrogen-bond acceptors (Lipinski definition) is 4. The monoisotopic (exact) mass is 189 g/mol. The summed E-state index contributed by atoms with van der Waals surface area (Å²) in [5.74, 6) is -0.227. The van der Waals surface area contributed by atoms with Gasteiger partial charge in [-0.3, -0.25) is 4.79 Å². The normalized spacial score (nSPS) is 15.1. The van der Waals surface area contributed by atoms with Crippen molar-refractivity contribution < 1.29 is 14.3 Å². The molecule has 0 aromatic heterocycles. The number of hydrogen-bond donors (Lipinski definition) is 1. The van der Waals surface area contributed by atoms with Crippen LogP contribution in [0.2, 0.25) is 0 Å². The van der Waals surface area contributed by atoms with E-state index in [1.165, 1.54) is 7.11 Å². The van der Waals surface area contributed by atoms with Gasteiger partial charge in [0.25, 0.3) is 0 Å². The minimum atomic E-state index is -0.592. The van der Waals surface area contributed by atoms with Gasteiger partial charge in [-0.25, -0.2) is 0 Å². The van der Waals surface area contributed by atoms with Crippen LogP contribution in [0.4, 0.5) is 0 Å². The van der Waals surface area contributed by atoms with Crippen molar-refractivity contribution in [3.05, 3.63) is 0 Å². The molecule has 1 atom stereocenters. The fourth-order valence-electron chi connectivity index (χ4n) is 1.30. The second-order valence-corrected chi connectivity index (χ2v) is 2.92. The molecule has 1 N–H and O–H groups in total. The van der Waals surface area contributed by atoms with Gasteiger partial charge in [0.05, 0.1) is 7.11 Å². The Morgan fingerprint density at radius 2 is 2.08 bits per heavy atom. The van der Waals surface area contributed by atoms with Crippen LogP contribution in [0.3, 0.4) is 0 Å². The van der Waals surface area contributed by atoms with Crippen molar-refractivity contribution in [2.45, 2.75) is 25.3 Å². The first-order valence-corrected chi connectivity index (χ1v) is 4.43.